The number of carboxylic acid groups (broad SMARTS) is 1. The summed E-state index contributed by atoms with van der Waals surface area (Å²) in [4.78, 5) is 140. The molecule has 0 spiro atoms. The van der Waals surface area contributed by atoms with E-state index in [0.29, 0.717) is 80.0 Å². The van der Waals surface area contributed by atoms with Crippen LogP contribution < -0.4 is 31.1 Å². The van der Waals surface area contributed by atoms with Gasteiger partial charge in [0.2, 0.25) is 43.7 Å². The second-order valence-corrected chi connectivity index (χ2v) is 36.2. The average Bonchev–Trinajstić information content (AvgIpc) is 1.57. The van der Waals surface area contributed by atoms with Crippen molar-refractivity contribution in [3.63, 3.8) is 0 Å². The number of carboxylic acids is 1. The molecule has 0 aromatic heterocycles. The molecule has 10 aliphatic rings. The predicted molar refractivity (Wildman–Crippen MR) is 392 cm³/mol. The van der Waals surface area contributed by atoms with E-state index in [-0.39, 0.29) is 90.1 Å². The monoisotopic (exact) mass is 1560 g/mol. The number of primary sulfonamides is 1. The van der Waals surface area contributed by atoms with Gasteiger partial charge in [-0.2, -0.15) is 0 Å². The molecule has 0 radical (unpaired) electrons. The van der Waals surface area contributed by atoms with Crippen molar-refractivity contribution in [2.45, 2.75) is 264 Å². The minimum atomic E-state index is -4.11. The number of carbonyl (C=O) groups is 10. The van der Waals surface area contributed by atoms with Gasteiger partial charge in [0.15, 0.2) is 0 Å². The van der Waals surface area contributed by atoms with Gasteiger partial charge in [-0.1, -0.05) is 86.4 Å². The summed E-state index contributed by atoms with van der Waals surface area (Å²) in [7, 11) is -7.44. The van der Waals surface area contributed by atoms with Gasteiger partial charge in [0.25, 0.3) is 5.91 Å². The molecule has 4 aliphatic carbocycles. The zero-order valence-electron chi connectivity index (χ0n) is 62.6. The molecule has 6 fully saturated rings. The van der Waals surface area contributed by atoms with Crippen LogP contribution in [0.2, 0.25) is 0 Å². The lowest BCUT2D eigenvalue weighted by atomic mass is 10.0. The molecular weight excluding hydrogens is 1460 g/mol. The molecule has 2 aromatic carbocycles. The largest absolute Gasteiger partial charge is 0.479 e. The summed E-state index contributed by atoms with van der Waals surface area (Å²) in [5.41, 5.74) is -2.64. The van der Waals surface area contributed by atoms with Crippen molar-refractivity contribution in [1.82, 2.24) is 45.6 Å². The van der Waals surface area contributed by atoms with Crippen LogP contribution in [0.25, 0.3) is 0 Å². The van der Waals surface area contributed by atoms with Gasteiger partial charge in [-0.25, -0.2) is 54.7 Å². The third kappa shape index (κ3) is 19.6. The minimum absolute atomic E-state index is 0.00840. The van der Waals surface area contributed by atoms with E-state index < -0.39 is 166 Å². The number of carbonyl (C=O) groups excluding carboxylic acids is 9. The van der Waals surface area contributed by atoms with Crippen LogP contribution in [0.5, 0.6) is 0 Å². The fourth-order valence-corrected chi connectivity index (χ4v) is 17.6. The topological polar surface area (TPSA) is 395 Å². The van der Waals surface area contributed by atoms with Gasteiger partial charge < -0.3 is 55.1 Å². The number of rotatable bonds is 13. The first-order valence-electron chi connectivity index (χ1n) is 37.3. The van der Waals surface area contributed by atoms with E-state index in [9.17, 15) is 78.7 Å². The molecule has 6 aliphatic heterocycles. The van der Waals surface area contributed by atoms with Gasteiger partial charge in [0, 0.05) is 48.9 Å². The van der Waals surface area contributed by atoms with Crippen molar-refractivity contribution in [3.8, 4) is 0 Å². The number of nitrogens with one attached hydrogen (secondary N) is 5. The van der Waals surface area contributed by atoms with Crippen molar-refractivity contribution < 1.29 is 97.6 Å². The zero-order valence-corrected chi connectivity index (χ0v) is 64.2. The van der Waals surface area contributed by atoms with Crippen molar-refractivity contribution in [2.24, 2.45) is 17.0 Å². The van der Waals surface area contributed by atoms with Crippen LogP contribution >= 0.6 is 0 Å². The van der Waals surface area contributed by atoms with Gasteiger partial charge >= 0.3 is 30.3 Å². The molecular formula is C76H102F2N10O19S2. The van der Waals surface area contributed by atoms with Crippen molar-refractivity contribution in [2.75, 3.05) is 13.1 Å². The van der Waals surface area contributed by atoms with Crippen LogP contribution in [0, 0.1) is 23.5 Å². The molecule has 109 heavy (non-hydrogen) atoms. The first kappa shape index (κ1) is 82.5. The summed E-state index contributed by atoms with van der Waals surface area (Å²) >= 11 is 0. The fourth-order valence-electron chi connectivity index (χ4n) is 15.0. The maximum atomic E-state index is 14.4. The third-order valence-corrected chi connectivity index (χ3v) is 25.6. The molecule has 29 nitrogen and oxygen atoms in total. The van der Waals surface area contributed by atoms with Crippen LogP contribution in [0.1, 0.15) is 192 Å². The molecule has 2 saturated heterocycles. The molecule has 2 aromatic rings. The number of hydrogen-bond donors (Lipinski definition) is 7. The van der Waals surface area contributed by atoms with E-state index in [1.165, 1.54) is 37.8 Å². The highest BCUT2D eigenvalue weighted by Gasteiger charge is 2.65. The van der Waals surface area contributed by atoms with E-state index in [2.05, 4.69) is 39.1 Å². The Labute approximate surface area is 634 Å². The first-order chi connectivity index (χ1) is 51.3. The summed E-state index contributed by atoms with van der Waals surface area (Å²) in [5, 5.41) is 25.8. The number of aliphatic carboxylic acids is 1. The Hall–Kier alpha value is -8.98. The lowest BCUT2D eigenvalue weighted by Gasteiger charge is -2.30. The normalized spacial score (nSPS) is 28.2. The Morgan fingerprint density at radius 3 is 1.41 bits per heavy atom. The number of nitrogens with two attached hydrogens (primary N) is 1. The predicted octanol–water partition coefficient (Wildman–Crippen LogP) is 8.09. The van der Waals surface area contributed by atoms with Crippen LogP contribution in [-0.2, 0) is 93.9 Å². The van der Waals surface area contributed by atoms with Gasteiger partial charge in [-0.3, -0.25) is 38.5 Å². The van der Waals surface area contributed by atoms with Crippen LogP contribution in [0.15, 0.2) is 86.0 Å². The second-order valence-electron chi connectivity index (χ2n) is 32.2. The molecule has 9 amide bonds. The summed E-state index contributed by atoms with van der Waals surface area (Å²) in [5.74, 6) is -6.35. The zero-order chi connectivity index (χ0) is 79.4. The molecule has 8 N–H and O–H groups in total. The van der Waals surface area contributed by atoms with Gasteiger partial charge in [-0.05, 0) is 155 Å². The molecule has 12 rings (SSSR count). The van der Waals surface area contributed by atoms with Crippen molar-refractivity contribution in [1.29, 1.82) is 0 Å². The van der Waals surface area contributed by atoms with Crippen molar-refractivity contribution >= 4 is 79.9 Å². The van der Waals surface area contributed by atoms with Crippen LogP contribution in [0.4, 0.5) is 28.0 Å². The van der Waals surface area contributed by atoms with Crippen LogP contribution in [0.3, 0.4) is 0 Å². The number of alkyl carbamates (subject to hydrolysis) is 2. The minimum Gasteiger partial charge on any atom is -0.479 e. The summed E-state index contributed by atoms with van der Waals surface area (Å²) in [6.07, 6.45) is 14.7. The Morgan fingerprint density at radius 1 is 0.615 bits per heavy atom. The fraction of sp³-hybridized carbons (Fsp3) is 0.605. The van der Waals surface area contributed by atoms with E-state index in [4.69, 9.17) is 24.1 Å². The van der Waals surface area contributed by atoms with Gasteiger partial charge in [0.05, 0.1) is 35.7 Å². The molecule has 0 bridgehead atoms. The Morgan fingerprint density at radius 2 is 1.03 bits per heavy atom. The number of nitrogens with zero attached hydrogens (tertiary/aromatic N) is 4. The maximum absolute atomic E-state index is 14.4. The number of hydrogen-bond acceptors (Lipinski definition) is 18. The molecule has 6 heterocycles. The van der Waals surface area contributed by atoms with E-state index in [0.717, 1.165) is 25.7 Å². The van der Waals surface area contributed by atoms with E-state index in [1.54, 1.807) is 71.9 Å². The Kier molecular flexibility index (Phi) is 24.9. The highest BCUT2D eigenvalue weighted by atomic mass is 32.2. The average molecular weight is 1560 g/mol. The number of allylic oxidation sites excluding steroid dienone is 4. The second kappa shape index (κ2) is 32.9. The Balaban J connectivity index is 0.000000208. The number of halogens is 2. The third-order valence-electron chi connectivity index (χ3n) is 21.6. The SMILES string of the molecule is C=CCC1(S(=O)(=O)NC(=O)[C@@]23C[C@H]2/C=C\CCCCC[C@H](NC(=O)OC(C)(C)C)C(=O)N2C[C@H](OC(=O)N4Cc5cccc(F)c5C4)C[C@H]2C(=O)N3)CC1.C=CCC1(S(N)(=O)=O)CC1.CC(C)(C)OC(=O)N[C@H]1CCCCC/C=C\[C@@H]2C[C@@]2(C(=O)O)NC(=O)[C@@H]2C[C@@H](OC(=O)N3Cc4cccc(F)c4C3)CN2C1=O. The maximum Gasteiger partial charge on any atom is 0.410 e. The number of benzene rings is 2. The first-order valence-corrected chi connectivity index (χ1v) is 40.3. The highest BCUT2D eigenvalue weighted by Crippen LogP contribution is 2.50. The number of ether oxygens (including phenoxy) is 4. The summed E-state index contributed by atoms with van der Waals surface area (Å²) < 4.78 is 100. The smallest absolute Gasteiger partial charge is 0.410 e. The molecule has 10 atom stereocenters. The standard InChI is InChI=1S/C38H50FN5O9S.C32H41FN4O8.C6H11NO2S/c1-5-16-37(17-18-37)54(50,51)42-33(47)38-20-25(38)13-9-7-6-8-10-15-29(40-34(48)53-36(2,3)4)32(46)44-22-26(19-30(44)31(45)41-38)52-35(49)43-21-24-12-11-14-28(39)27(24)23-43;1-31(2,3)45-29(42)34-24-13-8-6-4-5-7-11-20-15-32(20,28(40)41)35-26(38)25-14-21(17-37(25)27(24)39)44-30(43)36-16-19-10-9-12-23(33)22(19)18-36;1-2-3-6(4-5-6)10(7,8)9/h5,9,11-14,25-26,29-30H,1,6-8,10,15-23H2,2-4H3,(H,40,48)(H,41,45)(H,42,47);7,9-12,20-21,24-25H,4-6,8,13-18H2,1-3H3,(H,34,42)(H,35,38)(H,40,41);2H,1,3-5H2,(H2,7,8,9)/b13-9-;11-7-;/t25-,26-,29+,30+,38-;20-,21-,24+,25+,32-;/m11./s1. The lowest BCUT2D eigenvalue weighted by Crippen LogP contribution is -2.58. The van der Waals surface area contributed by atoms with E-state index >= 15 is 0 Å². The number of sulfonamides is 2. The van der Waals surface area contributed by atoms with Gasteiger partial charge in [0.1, 0.15) is 70.3 Å². The van der Waals surface area contributed by atoms with Gasteiger partial charge in [-0.15, -0.1) is 13.2 Å². The molecule has 4 saturated carbocycles. The number of amides is 9. The molecule has 33 heteroatoms. The van der Waals surface area contributed by atoms with E-state index in [1.807, 2.05) is 24.3 Å². The highest BCUT2D eigenvalue weighted by molar-refractivity contribution is 7.91. The quantitative estimate of drug-likeness (QED) is 0.0735. The van der Waals surface area contributed by atoms with Crippen molar-refractivity contribution in [3.05, 3.63) is 120 Å². The number of fused-ring (bicyclic) bond motifs is 6. The summed E-state index contributed by atoms with van der Waals surface area (Å²) in [6.45, 7) is 17.3. The van der Waals surface area contributed by atoms with Crippen LogP contribution in [-0.4, -0.2) is 183 Å². The molecule has 596 valence electrons. The molecule has 0 unspecified atom stereocenters. The summed E-state index contributed by atoms with van der Waals surface area (Å²) in [6, 6.07) is 4.71. The Bertz CT molecular complexity index is 4190. The lowest BCUT2D eigenvalue weighted by molar-refractivity contribution is -0.145.